The molecule has 1 aromatic rings. The van der Waals surface area contributed by atoms with Gasteiger partial charge in [0.05, 0.1) is 11.3 Å². The lowest BCUT2D eigenvalue weighted by atomic mass is 10.1. The molecular formula is C14H18BrN3O3. The molecule has 1 saturated heterocycles. The van der Waals surface area contributed by atoms with Crippen LogP contribution in [0.1, 0.15) is 23.2 Å². The maximum Gasteiger partial charge on any atom is 0.335 e. The monoisotopic (exact) mass is 355 g/mol. The normalized spacial score (nSPS) is 16.5. The van der Waals surface area contributed by atoms with Crippen LogP contribution < -0.4 is 10.6 Å². The Labute approximate surface area is 131 Å². The molecule has 1 aliphatic heterocycles. The van der Waals surface area contributed by atoms with Crippen LogP contribution in [-0.2, 0) is 0 Å². The molecule has 0 aliphatic carbocycles. The molecule has 1 heterocycles. The zero-order valence-electron chi connectivity index (χ0n) is 11.7. The summed E-state index contributed by atoms with van der Waals surface area (Å²) in [5.41, 5.74) is 0.716. The topological polar surface area (TPSA) is 81.7 Å². The number of nitrogens with zero attached hydrogens (tertiary/aromatic N) is 1. The van der Waals surface area contributed by atoms with E-state index < -0.39 is 5.97 Å². The molecule has 3 N–H and O–H groups in total. The highest BCUT2D eigenvalue weighted by molar-refractivity contribution is 9.10. The second-order valence-electron chi connectivity index (χ2n) is 5.18. The van der Waals surface area contributed by atoms with Crippen molar-refractivity contribution >= 4 is 33.6 Å². The van der Waals surface area contributed by atoms with Crippen molar-refractivity contribution in [3.63, 3.8) is 0 Å². The summed E-state index contributed by atoms with van der Waals surface area (Å²) in [5.74, 6) is -1.00. The lowest BCUT2D eigenvalue weighted by molar-refractivity contribution is 0.0697. The highest BCUT2D eigenvalue weighted by Gasteiger charge is 2.18. The molecule has 2 rings (SSSR count). The Hall–Kier alpha value is -1.60. The van der Waals surface area contributed by atoms with Gasteiger partial charge >= 0.3 is 12.0 Å². The Kier molecular flexibility index (Phi) is 5.19. The summed E-state index contributed by atoms with van der Waals surface area (Å²) in [4.78, 5) is 25.0. The molecule has 1 fully saturated rings. The van der Waals surface area contributed by atoms with Crippen molar-refractivity contribution in [3.05, 3.63) is 28.2 Å². The van der Waals surface area contributed by atoms with E-state index in [0.29, 0.717) is 10.2 Å². The van der Waals surface area contributed by atoms with Crippen molar-refractivity contribution in [2.75, 3.05) is 25.5 Å². The highest BCUT2D eigenvalue weighted by atomic mass is 79.9. The van der Waals surface area contributed by atoms with E-state index >= 15 is 0 Å². The van der Waals surface area contributed by atoms with E-state index in [1.54, 1.807) is 6.07 Å². The molecule has 21 heavy (non-hydrogen) atoms. The minimum atomic E-state index is -1.00. The first kappa shape index (κ1) is 15.8. The van der Waals surface area contributed by atoms with Crippen LogP contribution in [-0.4, -0.2) is 48.2 Å². The number of likely N-dealkylation sites (tertiary alicyclic amines) is 1. The number of amides is 2. The number of carboxylic acid groups (broad SMARTS) is 1. The first-order chi connectivity index (χ1) is 9.95. The van der Waals surface area contributed by atoms with Crippen LogP contribution in [0.25, 0.3) is 0 Å². The average molecular weight is 356 g/mol. The number of rotatable bonds is 3. The van der Waals surface area contributed by atoms with E-state index in [1.165, 1.54) is 12.1 Å². The maximum absolute atomic E-state index is 12.0. The fraction of sp³-hybridized carbons (Fsp3) is 0.429. The van der Waals surface area contributed by atoms with E-state index in [-0.39, 0.29) is 17.6 Å². The molecule has 1 aromatic carbocycles. The van der Waals surface area contributed by atoms with Crippen molar-refractivity contribution in [2.45, 2.75) is 18.9 Å². The van der Waals surface area contributed by atoms with Crippen LogP contribution in [0.4, 0.5) is 10.5 Å². The molecule has 0 aromatic heterocycles. The van der Waals surface area contributed by atoms with E-state index in [0.717, 1.165) is 25.9 Å². The summed E-state index contributed by atoms with van der Waals surface area (Å²) in [7, 11) is 2.07. The number of halogens is 1. The largest absolute Gasteiger partial charge is 0.478 e. The number of piperidine rings is 1. The van der Waals surface area contributed by atoms with Crippen molar-refractivity contribution in [2.24, 2.45) is 0 Å². The lowest BCUT2D eigenvalue weighted by Gasteiger charge is -2.29. The predicted octanol–water partition coefficient (Wildman–Crippen LogP) is 2.36. The van der Waals surface area contributed by atoms with Gasteiger partial charge in [-0.25, -0.2) is 9.59 Å². The molecule has 1 aliphatic rings. The summed E-state index contributed by atoms with van der Waals surface area (Å²) < 4.78 is 0.543. The first-order valence-electron chi connectivity index (χ1n) is 6.74. The minimum absolute atomic E-state index is 0.170. The SMILES string of the molecule is CN1CCC(NC(=O)Nc2ccc(C(=O)O)cc2Br)CC1. The number of anilines is 1. The Balaban J connectivity index is 1.92. The molecule has 0 unspecified atom stereocenters. The molecule has 6 nitrogen and oxygen atoms in total. The fourth-order valence-corrected chi connectivity index (χ4v) is 2.72. The second-order valence-corrected chi connectivity index (χ2v) is 6.03. The Bertz CT molecular complexity index is 542. The quantitative estimate of drug-likeness (QED) is 0.777. The highest BCUT2D eigenvalue weighted by Crippen LogP contribution is 2.23. The second kappa shape index (κ2) is 6.91. The third kappa shape index (κ3) is 4.44. The van der Waals surface area contributed by atoms with Gasteiger partial charge in [-0.2, -0.15) is 0 Å². The summed E-state index contributed by atoms with van der Waals surface area (Å²) in [6, 6.07) is 4.40. The van der Waals surface area contributed by atoms with Gasteiger partial charge in [-0.3, -0.25) is 0 Å². The molecule has 0 saturated carbocycles. The molecule has 114 valence electrons. The zero-order valence-corrected chi connectivity index (χ0v) is 13.3. The third-order valence-electron chi connectivity index (χ3n) is 3.52. The van der Waals surface area contributed by atoms with Gasteiger partial charge in [0.25, 0.3) is 0 Å². The van der Waals surface area contributed by atoms with Gasteiger partial charge in [-0.15, -0.1) is 0 Å². The average Bonchev–Trinajstić information content (AvgIpc) is 2.43. The van der Waals surface area contributed by atoms with Crippen LogP contribution in [0.15, 0.2) is 22.7 Å². The first-order valence-corrected chi connectivity index (χ1v) is 7.54. The molecule has 0 bridgehead atoms. The van der Waals surface area contributed by atoms with Gasteiger partial charge in [0, 0.05) is 10.5 Å². The van der Waals surface area contributed by atoms with Gasteiger partial charge in [0.1, 0.15) is 0 Å². The summed E-state index contributed by atoms with van der Waals surface area (Å²) in [6.07, 6.45) is 1.87. The minimum Gasteiger partial charge on any atom is -0.478 e. The maximum atomic E-state index is 12.0. The summed E-state index contributed by atoms with van der Waals surface area (Å²) in [5, 5.41) is 14.6. The zero-order chi connectivity index (χ0) is 15.4. The molecule has 2 amide bonds. The summed E-state index contributed by atoms with van der Waals surface area (Å²) in [6.45, 7) is 1.95. The van der Waals surface area contributed by atoms with Crippen LogP contribution in [0.2, 0.25) is 0 Å². The summed E-state index contributed by atoms with van der Waals surface area (Å²) >= 11 is 3.26. The van der Waals surface area contributed by atoms with E-state index in [9.17, 15) is 9.59 Å². The van der Waals surface area contributed by atoms with Crippen molar-refractivity contribution in [1.29, 1.82) is 0 Å². The van der Waals surface area contributed by atoms with Gasteiger partial charge in [-0.1, -0.05) is 0 Å². The fourth-order valence-electron chi connectivity index (χ4n) is 2.25. The lowest BCUT2D eigenvalue weighted by Crippen LogP contribution is -2.44. The molecule has 0 atom stereocenters. The Morgan fingerprint density at radius 1 is 1.33 bits per heavy atom. The smallest absolute Gasteiger partial charge is 0.335 e. The number of benzene rings is 1. The van der Waals surface area contributed by atoms with Crippen molar-refractivity contribution in [3.8, 4) is 0 Å². The number of urea groups is 1. The number of aromatic carboxylic acids is 1. The van der Waals surface area contributed by atoms with Crippen LogP contribution >= 0.6 is 15.9 Å². The Morgan fingerprint density at radius 2 is 2.00 bits per heavy atom. The van der Waals surface area contributed by atoms with Crippen LogP contribution in [0, 0.1) is 0 Å². The van der Waals surface area contributed by atoms with Crippen LogP contribution in [0.5, 0.6) is 0 Å². The molecule has 7 heteroatoms. The van der Waals surface area contributed by atoms with E-state index in [4.69, 9.17) is 5.11 Å². The van der Waals surface area contributed by atoms with Gasteiger partial charge in [0.15, 0.2) is 0 Å². The molecule has 0 radical (unpaired) electrons. The number of hydrogen-bond acceptors (Lipinski definition) is 3. The van der Waals surface area contributed by atoms with Crippen LogP contribution in [0.3, 0.4) is 0 Å². The number of nitrogens with one attached hydrogen (secondary N) is 2. The van der Waals surface area contributed by atoms with E-state index in [1.807, 2.05) is 0 Å². The molecular weight excluding hydrogens is 338 g/mol. The Morgan fingerprint density at radius 3 is 2.57 bits per heavy atom. The standard InChI is InChI=1S/C14H18BrN3O3/c1-18-6-4-10(5-7-18)16-14(21)17-12-3-2-9(13(19)20)8-11(12)15/h2-3,8,10H,4-7H2,1H3,(H,19,20)(H2,16,17,21). The third-order valence-corrected chi connectivity index (χ3v) is 4.17. The predicted molar refractivity (Wildman–Crippen MR) is 83.8 cm³/mol. The van der Waals surface area contributed by atoms with Gasteiger partial charge < -0.3 is 20.6 Å². The van der Waals surface area contributed by atoms with Crippen molar-refractivity contribution < 1.29 is 14.7 Å². The number of hydrogen-bond donors (Lipinski definition) is 3. The van der Waals surface area contributed by atoms with Crippen molar-refractivity contribution in [1.82, 2.24) is 10.2 Å². The molecule has 0 spiro atoms. The number of carbonyl (C=O) groups excluding carboxylic acids is 1. The van der Waals surface area contributed by atoms with Gasteiger partial charge in [0.2, 0.25) is 0 Å². The number of carbonyl (C=O) groups is 2. The van der Waals surface area contributed by atoms with E-state index in [2.05, 4.69) is 38.5 Å². The van der Waals surface area contributed by atoms with Gasteiger partial charge in [-0.05, 0) is 67.1 Å². The number of carboxylic acids is 1.